The fourth-order valence-electron chi connectivity index (χ4n) is 1.67. The minimum atomic E-state index is -4.27. The van der Waals surface area contributed by atoms with Crippen molar-refractivity contribution >= 4 is 38.1 Å². The van der Waals surface area contributed by atoms with Crippen molar-refractivity contribution in [1.82, 2.24) is 0 Å². The predicted molar refractivity (Wildman–Crippen MR) is 80.6 cm³/mol. The fourth-order valence-corrected chi connectivity index (χ4v) is 4.08. The molecule has 2 aromatic rings. The highest BCUT2D eigenvalue weighted by molar-refractivity contribution is 7.90. The molecular formula is C12H9ClN2O5S2. The zero-order chi connectivity index (χ0) is 16.5. The van der Waals surface area contributed by atoms with Crippen LogP contribution in [-0.2, 0) is 20.8 Å². The first-order chi connectivity index (χ1) is 10.2. The average molecular weight is 361 g/mol. The van der Waals surface area contributed by atoms with Gasteiger partial charge in [-0.15, -0.1) is 0 Å². The van der Waals surface area contributed by atoms with Crippen molar-refractivity contribution in [3.05, 3.63) is 57.6 Å². The minimum Gasteiger partial charge on any atom is -0.258 e. The van der Waals surface area contributed by atoms with Crippen molar-refractivity contribution < 1.29 is 17.6 Å². The molecule has 0 heterocycles. The van der Waals surface area contributed by atoms with Crippen LogP contribution in [0.4, 0.5) is 5.69 Å². The van der Waals surface area contributed by atoms with E-state index in [9.17, 15) is 22.7 Å². The topological polar surface area (TPSA) is 120 Å². The first-order valence-electron chi connectivity index (χ1n) is 5.69. The van der Waals surface area contributed by atoms with Crippen LogP contribution in [0.5, 0.6) is 0 Å². The standard InChI is InChI=1S/C12H9ClN2O5S2/c13-8-1-4-10(5-2-8)21(18)11-6-3-9(15(16)17)7-12(11)22(14,19)20/h1-7H,(H2,14,19,20). The summed E-state index contributed by atoms with van der Waals surface area (Å²) in [5, 5.41) is 16.2. The summed E-state index contributed by atoms with van der Waals surface area (Å²) in [6, 6.07) is 8.89. The molecule has 0 aromatic heterocycles. The molecule has 0 amide bonds. The van der Waals surface area contributed by atoms with E-state index in [1.54, 1.807) is 0 Å². The van der Waals surface area contributed by atoms with Crippen molar-refractivity contribution in [3.63, 3.8) is 0 Å². The number of nitro groups is 1. The van der Waals surface area contributed by atoms with E-state index in [1.165, 1.54) is 24.3 Å². The summed E-state index contributed by atoms with van der Waals surface area (Å²) >= 11 is 5.73. The van der Waals surface area contributed by atoms with Crippen molar-refractivity contribution in [1.29, 1.82) is 0 Å². The Morgan fingerprint density at radius 3 is 2.23 bits per heavy atom. The van der Waals surface area contributed by atoms with Gasteiger partial charge in [0, 0.05) is 22.1 Å². The van der Waals surface area contributed by atoms with Gasteiger partial charge < -0.3 is 0 Å². The number of primary sulfonamides is 1. The number of halogens is 1. The van der Waals surface area contributed by atoms with Gasteiger partial charge in [-0.2, -0.15) is 0 Å². The van der Waals surface area contributed by atoms with E-state index in [-0.39, 0.29) is 4.90 Å². The highest BCUT2D eigenvalue weighted by Gasteiger charge is 2.23. The number of benzene rings is 2. The summed E-state index contributed by atoms with van der Waals surface area (Å²) in [7, 11) is -6.15. The van der Waals surface area contributed by atoms with Crippen molar-refractivity contribution in [3.8, 4) is 0 Å². The van der Waals surface area contributed by atoms with Gasteiger partial charge in [-0.25, -0.2) is 17.8 Å². The molecule has 116 valence electrons. The number of hydrogen-bond acceptors (Lipinski definition) is 5. The molecule has 0 fully saturated rings. The van der Waals surface area contributed by atoms with Crippen LogP contribution < -0.4 is 5.14 Å². The van der Waals surface area contributed by atoms with Gasteiger partial charge in [0.05, 0.1) is 20.6 Å². The number of hydrogen-bond donors (Lipinski definition) is 1. The van der Waals surface area contributed by atoms with E-state index in [0.717, 1.165) is 18.2 Å². The lowest BCUT2D eigenvalue weighted by Gasteiger charge is -2.08. The Morgan fingerprint density at radius 1 is 1.14 bits per heavy atom. The summed E-state index contributed by atoms with van der Waals surface area (Å²) in [5.41, 5.74) is -0.458. The molecule has 0 saturated heterocycles. The number of rotatable bonds is 4. The molecule has 7 nitrogen and oxygen atoms in total. The van der Waals surface area contributed by atoms with Gasteiger partial charge in [0.1, 0.15) is 4.90 Å². The maximum atomic E-state index is 12.5. The molecule has 2 aromatic carbocycles. The Labute approximate surface area is 133 Å². The van der Waals surface area contributed by atoms with E-state index in [0.29, 0.717) is 9.92 Å². The van der Waals surface area contributed by atoms with E-state index in [2.05, 4.69) is 0 Å². The predicted octanol–water partition coefficient (Wildman–Crippen LogP) is 2.06. The molecule has 0 radical (unpaired) electrons. The largest absolute Gasteiger partial charge is 0.270 e. The lowest BCUT2D eigenvalue weighted by atomic mass is 10.3. The summed E-state index contributed by atoms with van der Waals surface area (Å²) in [5.74, 6) is 0. The van der Waals surface area contributed by atoms with Crippen LogP contribution in [0.2, 0.25) is 5.02 Å². The molecule has 0 spiro atoms. The number of nitro benzene ring substituents is 1. The van der Waals surface area contributed by atoms with Gasteiger partial charge in [0.15, 0.2) is 0 Å². The highest BCUT2D eigenvalue weighted by Crippen LogP contribution is 2.27. The lowest BCUT2D eigenvalue weighted by Crippen LogP contribution is -2.15. The van der Waals surface area contributed by atoms with Gasteiger partial charge in [0.25, 0.3) is 5.69 Å². The average Bonchev–Trinajstić information content (AvgIpc) is 2.45. The van der Waals surface area contributed by atoms with Crippen molar-refractivity contribution in [2.75, 3.05) is 0 Å². The minimum absolute atomic E-state index is 0.129. The highest BCUT2D eigenvalue weighted by atomic mass is 35.5. The number of nitrogens with zero attached hydrogens (tertiary/aromatic N) is 1. The first kappa shape index (κ1) is 16.6. The fraction of sp³-hybridized carbons (Fsp3) is 0. The van der Waals surface area contributed by atoms with E-state index >= 15 is 0 Å². The summed E-state index contributed by atoms with van der Waals surface area (Å²) in [4.78, 5) is 9.61. The Balaban J connectivity index is 2.62. The monoisotopic (exact) mass is 360 g/mol. The van der Waals surface area contributed by atoms with E-state index in [4.69, 9.17) is 16.7 Å². The zero-order valence-corrected chi connectivity index (χ0v) is 13.2. The molecule has 1 unspecified atom stereocenters. The van der Waals surface area contributed by atoms with Gasteiger partial charge >= 0.3 is 0 Å². The van der Waals surface area contributed by atoms with Gasteiger partial charge in [-0.1, -0.05) is 11.6 Å². The van der Waals surface area contributed by atoms with E-state index < -0.39 is 36.3 Å². The SMILES string of the molecule is NS(=O)(=O)c1cc([N+](=O)[O-])ccc1S(=O)c1ccc(Cl)cc1. The molecule has 0 bridgehead atoms. The maximum Gasteiger partial charge on any atom is 0.270 e. The number of non-ortho nitro benzene ring substituents is 1. The van der Waals surface area contributed by atoms with Gasteiger partial charge in [0.2, 0.25) is 10.0 Å². The maximum absolute atomic E-state index is 12.5. The van der Waals surface area contributed by atoms with Gasteiger partial charge in [-0.3, -0.25) is 10.1 Å². The Hall–Kier alpha value is -1.81. The van der Waals surface area contributed by atoms with Crippen LogP contribution in [0, 0.1) is 10.1 Å². The third-order valence-electron chi connectivity index (χ3n) is 2.67. The Kier molecular flexibility index (Phi) is 4.61. The zero-order valence-electron chi connectivity index (χ0n) is 10.8. The Morgan fingerprint density at radius 2 is 1.73 bits per heavy atom. The molecule has 1 atom stereocenters. The molecule has 2 N–H and O–H groups in total. The smallest absolute Gasteiger partial charge is 0.258 e. The van der Waals surface area contributed by atoms with Gasteiger partial charge in [-0.05, 0) is 30.3 Å². The van der Waals surface area contributed by atoms with Crippen molar-refractivity contribution in [2.45, 2.75) is 14.7 Å². The number of nitrogens with two attached hydrogens (primary N) is 1. The second-order valence-corrected chi connectivity index (χ2v) is 7.57. The summed E-state index contributed by atoms with van der Waals surface area (Å²) < 4.78 is 35.7. The lowest BCUT2D eigenvalue weighted by molar-refractivity contribution is -0.385. The summed E-state index contributed by atoms with van der Waals surface area (Å²) in [6.07, 6.45) is 0. The molecule has 0 saturated carbocycles. The molecular weight excluding hydrogens is 352 g/mol. The third kappa shape index (κ3) is 3.50. The van der Waals surface area contributed by atoms with E-state index in [1.807, 2.05) is 0 Å². The van der Waals surface area contributed by atoms with Crippen LogP contribution in [-0.4, -0.2) is 17.6 Å². The van der Waals surface area contributed by atoms with Crippen LogP contribution in [0.15, 0.2) is 57.2 Å². The van der Waals surface area contributed by atoms with Crippen LogP contribution in [0.3, 0.4) is 0 Å². The molecule has 2 rings (SSSR count). The quantitative estimate of drug-likeness (QED) is 0.660. The molecule has 0 aliphatic heterocycles. The van der Waals surface area contributed by atoms with Crippen LogP contribution in [0.1, 0.15) is 0 Å². The third-order valence-corrected chi connectivity index (χ3v) is 5.46. The second kappa shape index (κ2) is 6.13. The molecule has 0 aliphatic rings. The molecule has 10 heteroatoms. The normalized spacial score (nSPS) is 12.8. The number of sulfonamides is 1. The Bertz CT molecular complexity index is 866. The second-order valence-electron chi connectivity index (χ2n) is 4.16. The molecule has 22 heavy (non-hydrogen) atoms. The summed E-state index contributed by atoms with van der Waals surface area (Å²) in [6.45, 7) is 0. The van der Waals surface area contributed by atoms with Crippen LogP contribution >= 0.6 is 11.6 Å². The van der Waals surface area contributed by atoms with Crippen molar-refractivity contribution in [2.24, 2.45) is 5.14 Å². The van der Waals surface area contributed by atoms with Crippen LogP contribution in [0.25, 0.3) is 0 Å². The first-order valence-corrected chi connectivity index (χ1v) is 8.76. The molecule has 0 aliphatic carbocycles.